The van der Waals surface area contributed by atoms with Crippen molar-refractivity contribution in [3.05, 3.63) is 69.9 Å². The van der Waals surface area contributed by atoms with Gasteiger partial charge in [-0.3, -0.25) is 0 Å². The molecule has 0 saturated carbocycles. The topological polar surface area (TPSA) is 67.1 Å². The third-order valence-electron chi connectivity index (χ3n) is 4.57. The molecule has 0 fully saturated rings. The zero-order valence-electron chi connectivity index (χ0n) is 16.6. The van der Waals surface area contributed by atoms with Gasteiger partial charge in [-0.2, -0.15) is 0 Å². The van der Waals surface area contributed by atoms with Crippen molar-refractivity contribution < 1.29 is 0 Å². The standard InChI is InChI=1S/C21H28N6S/c1-3-20-26-25-16-27(20)13-12-23-21(22-11-10-19-9-6-14-28-19)24-15-18-8-5-4-7-17(18)2/h4-9,14,16H,3,10-13,15H2,1-2H3,(H2,22,23,24). The van der Waals surface area contributed by atoms with Crippen LogP contribution in [0.3, 0.4) is 0 Å². The van der Waals surface area contributed by atoms with Crippen molar-refractivity contribution >= 4 is 17.3 Å². The average molecular weight is 397 g/mol. The van der Waals surface area contributed by atoms with Crippen molar-refractivity contribution in [2.75, 3.05) is 13.1 Å². The molecule has 0 aliphatic heterocycles. The number of benzene rings is 1. The first-order chi connectivity index (χ1) is 13.8. The van der Waals surface area contributed by atoms with E-state index in [-0.39, 0.29) is 0 Å². The molecule has 2 N–H and O–H groups in total. The molecular weight excluding hydrogens is 368 g/mol. The Balaban J connectivity index is 1.57. The maximum atomic E-state index is 4.79. The number of hydrogen-bond acceptors (Lipinski definition) is 4. The summed E-state index contributed by atoms with van der Waals surface area (Å²) in [6.45, 7) is 7.31. The first-order valence-corrected chi connectivity index (χ1v) is 10.6. The molecule has 7 heteroatoms. The maximum absolute atomic E-state index is 4.79. The largest absolute Gasteiger partial charge is 0.356 e. The molecule has 2 heterocycles. The summed E-state index contributed by atoms with van der Waals surface area (Å²) in [5.74, 6) is 1.84. The van der Waals surface area contributed by atoms with Gasteiger partial charge in [-0.25, -0.2) is 4.99 Å². The number of rotatable bonds is 9. The second kappa shape index (κ2) is 10.6. The third kappa shape index (κ3) is 5.92. The fourth-order valence-corrected chi connectivity index (χ4v) is 3.63. The molecule has 3 rings (SSSR count). The number of aromatic nitrogens is 3. The van der Waals surface area contributed by atoms with Gasteiger partial charge in [0.15, 0.2) is 5.96 Å². The zero-order valence-corrected chi connectivity index (χ0v) is 17.4. The van der Waals surface area contributed by atoms with E-state index in [2.05, 4.69) is 81.0 Å². The lowest BCUT2D eigenvalue weighted by atomic mass is 10.1. The van der Waals surface area contributed by atoms with Crippen LogP contribution in [0.2, 0.25) is 0 Å². The van der Waals surface area contributed by atoms with Gasteiger partial charge in [0.2, 0.25) is 0 Å². The number of aryl methyl sites for hydroxylation is 2. The Morgan fingerprint density at radius 2 is 2.00 bits per heavy atom. The van der Waals surface area contributed by atoms with Gasteiger partial charge in [-0.1, -0.05) is 37.3 Å². The van der Waals surface area contributed by atoms with Crippen molar-refractivity contribution in [2.24, 2.45) is 4.99 Å². The highest BCUT2D eigenvalue weighted by Gasteiger charge is 2.04. The molecule has 28 heavy (non-hydrogen) atoms. The maximum Gasteiger partial charge on any atom is 0.191 e. The minimum absolute atomic E-state index is 0.661. The lowest BCUT2D eigenvalue weighted by Crippen LogP contribution is -2.40. The van der Waals surface area contributed by atoms with Gasteiger partial charge in [0.25, 0.3) is 0 Å². The minimum Gasteiger partial charge on any atom is -0.356 e. The number of aliphatic imine (C=N–C) groups is 1. The summed E-state index contributed by atoms with van der Waals surface area (Å²) in [6.07, 6.45) is 3.66. The van der Waals surface area contributed by atoms with E-state index in [0.717, 1.165) is 44.3 Å². The van der Waals surface area contributed by atoms with Crippen molar-refractivity contribution in [2.45, 2.75) is 39.8 Å². The molecule has 0 spiro atoms. The van der Waals surface area contributed by atoms with Crippen molar-refractivity contribution in [1.82, 2.24) is 25.4 Å². The third-order valence-corrected chi connectivity index (χ3v) is 5.51. The number of nitrogens with zero attached hydrogens (tertiary/aromatic N) is 4. The van der Waals surface area contributed by atoms with Crippen molar-refractivity contribution in [1.29, 1.82) is 0 Å². The average Bonchev–Trinajstić information content (AvgIpc) is 3.38. The quantitative estimate of drug-likeness (QED) is 0.431. The Hall–Kier alpha value is -2.67. The SMILES string of the molecule is CCc1nncn1CCNC(=NCc1ccccc1C)NCCc1cccs1. The molecule has 0 aliphatic carbocycles. The molecule has 0 aliphatic rings. The first kappa shape index (κ1) is 20.1. The molecule has 6 nitrogen and oxygen atoms in total. The van der Waals surface area contributed by atoms with E-state index < -0.39 is 0 Å². The summed E-state index contributed by atoms with van der Waals surface area (Å²) >= 11 is 1.79. The first-order valence-electron chi connectivity index (χ1n) is 9.72. The highest BCUT2D eigenvalue weighted by Crippen LogP contribution is 2.09. The van der Waals surface area contributed by atoms with Crippen LogP contribution in [0.25, 0.3) is 0 Å². The van der Waals surface area contributed by atoms with Gasteiger partial charge < -0.3 is 15.2 Å². The Morgan fingerprint density at radius 1 is 1.14 bits per heavy atom. The Morgan fingerprint density at radius 3 is 2.79 bits per heavy atom. The van der Waals surface area contributed by atoms with Crippen LogP contribution in [0, 0.1) is 6.92 Å². The summed E-state index contributed by atoms with van der Waals surface area (Å²) in [5.41, 5.74) is 2.51. The highest BCUT2D eigenvalue weighted by atomic mass is 32.1. The van der Waals surface area contributed by atoms with Crippen LogP contribution in [0.15, 0.2) is 53.1 Å². The van der Waals surface area contributed by atoms with Crippen LogP contribution in [-0.4, -0.2) is 33.8 Å². The lowest BCUT2D eigenvalue weighted by molar-refractivity contribution is 0.631. The Bertz CT molecular complexity index is 869. The fourth-order valence-electron chi connectivity index (χ4n) is 2.92. The van der Waals surface area contributed by atoms with E-state index in [0.29, 0.717) is 6.54 Å². The smallest absolute Gasteiger partial charge is 0.191 e. The Kier molecular flexibility index (Phi) is 7.61. The van der Waals surface area contributed by atoms with Crippen LogP contribution >= 0.6 is 11.3 Å². The van der Waals surface area contributed by atoms with Crippen LogP contribution < -0.4 is 10.6 Å². The zero-order chi connectivity index (χ0) is 19.6. The summed E-state index contributed by atoms with van der Waals surface area (Å²) in [7, 11) is 0. The second-order valence-electron chi connectivity index (χ2n) is 6.57. The second-order valence-corrected chi connectivity index (χ2v) is 7.60. The van der Waals surface area contributed by atoms with Gasteiger partial charge >= 0.3 is 0 Å². The van der Waals surface area contributed by atoms with E-state index in [1.807, 2.05) is 0 Å². The van der Waals surface area contributed by atoms with Crippen LogP contribution in [0.5, 0.6) is 0 Å². The summed E-state index contributed by atoms with van der Waals surface area (Å²) in [5, 5.41) is 17.2. The van der Waals surface area contributed by atoms with Crippen LogP contribution in [0.1, 0.15) is 28.8 Å². The lowest BCUT2D eigenvalue weighted by Gasteiger charge is -2.13. The van der Waals surface area contributed by atoms with Gasteiger partial charge in [0, 0.05) is 30.9 Å². The minimum atomic E-state index is 0.661. The summed E-state index contributed by atoms with van der Waals surface area (Å²) in [4.78, 5) is 6.17. The van der Waals surface area contributed by atoms with E-state index in [4.69, 9.17) is 4.99 Å². The number of thiophene rings is 1. The molecule has 0 bridgehead atoms. The number of guanidine groups is 1. The van der Waals surface area contributed by atoms with Crippen LogP contribution in [-0.2, 0) is 25.9 Å². The molecule has 0 atom stereocenters. The highest BCUT2D eigenvalue weighted by molar-refractivity contribution is 7.09. The summed E-state index contributed by atoms with van der Waals surface area (Å²) in [6, 6.07) is 12.6. The van der Waals surface area contributed by atoms with Crippen LogP contribution in [0.4, 0.5) is 0 Å². The van der Waals surface area contributed by atoms with Gasteiger partial charge in [-0.15, -0.1) is 21.5 Å². The molecular formula is C21H28N6S. The molecule has 0 saturated heterocycles. The molecule has 2 aromatic heterocycles. The molecule has 0 radical (unpaired) electrons. The molecule has 148 valence electrons. The molecule has 3 aromatic rings. The number of hydrogen-bond donors (Lipinski definition) is 2. The van der Waals surface area contributed by atoms with Gasteiger partial charge in [0.1, 0.15) is 12.2 Å². The van der Waals surface area contributed by atoms with Crippen molar-refractivity contribution in [3.8, 4) is 0 Å². The van der Waals surface area contributed by atoms with E-state index in [1.165, 1.54) is 16.0 Å². The number of nitrogens with one attached hydrogen (secondary N) is 2. The molecule has 1 aromatic carbocycles. The van der Waals surface area contributed by atoms with E-state index in [1.54, 1.807) is 17.7 Å². The molecule has 0 unspecified atom stereocenters. The molecule has 0 amide bonds. The Labute approximate surface area is 170 Å². The predicted octanol–water partition coefficient (Wildman–Crippen LogP) is 3.19. The monoisotopic (exact) mass is 396 g/mol. The van der Waals surface area contributed by atoms with Gasteiger partial charge in [0.05, 0.1) is 6.54 Å². The van der Waals surface area contributed by atoms with E-state index >= 15 is 0 Å². The van der Waals surface area contributed by atoms with E-state index in [9.17, 15) is 0 Å². The normalized spacial score (nSPS) is 11.6. The fraction of sp³-hybridized carbons (Fsp3) is 0.381. The van der Waals surface area contributed by atoms with Crippen molar-refractivity contribution in [3.63, 3.8) is 0 Å². The summed E-state index contributed by atoms with van der Waals surface area (Å²) < 4.78 is 2.08. The predicted molar refractivity (Wildman–Crippen MR) is 116 cm³/mol. The van der Waals surface area contributed by atoms with Gasteiger partial charge in [-0.05, 0) is 35.9 Å².